The lowest BCUT2D eigenvalue weighted by atomic mass is 10.1. The first kappa shape index (κ1) is 34.3. The summed E-state index contributed by atoms with van der Waals surface area (Å²) in [6.45, 7) is 3.33. The van der Waals surface area contributed by atoms with Gasteiger partial charge in [0.05, 0.1) is 10.6 Å². The van der Waals surface area contributed by atoms with Gasteiger partial charge >= 0.3 is 0 Å². The highest BCUT2D eigenvalue weighted by molar-refractivity contribution is 7.16. The van der Waals surface area contributed by atoms with Crippen LogP contribution in [0.25, 0.3) is 22.1 Å². The Labute approximate surface area is 306 Å². The zero-order chi connectivity index (χ0) is 35.2. The van der Waals surface area contributed by atoms with Crippen molar-refractivity contribution in [2.24, 2.45) is 0 Å². The summed E-state index contributed by atoms with van der Waals surface area (Å²) in [5.74, 6) is -0.455. The van der Waals surface area contributed by atoms with E-state index in [2.05, 4.69) is 48.5 Å². The summed E-state index contributed by atoms with van der Waals surface area (Å²) >= 11 is 9.51. The molecule has 0 aliphatic heterocycles. The first-order valence-electron chi connectivity index (χ1n) is 16.3. The quantitative estimate of drug-likeness (QED) is 0.105. The molecule has 0 atom stereocenters. The highest BCUT2D eigenvalue weighted by Gasteiger charge is 2.14. The fourth-order valence-corrected chi connectivity index (χ4v) is 7.87. The number of nitrogens with zero attached hydrogens (tertiary/aromatic N) is 4. The van der Waals surface area contributed by atoms with Gasteiger partial charge in [0, 0.05) is 66.4 Å². The van der Waals surface area contributed by atoms with Gasteiger partial charge < -0.3 is 20.6 Å². The number of benzene rings is 2. The molecule has 51 heavy (non-hydrogen) atoms. The Balaban J connectivity index is 0.000000159. The lowest BCUT2D eigenvalue weighted by Gasteiger charge is -2.02. The van der Waals surface area contributed by atoms with Crippen LogP contribution in [0, 0.1) is 11.6 Å². The van der Waals surface area contributed by atoms with Crippen LogP contribution >= 0.6 is 34.3 Å². The van der Waals surface area contributed by atoms with Gasteiger partial charge in [-0.15, -0.1) is 22.7 Å². The number of aromatic amines is 2. The largest absolute Gasteiger partial charge is 0.357 e. The predicted molar refractivity (Wildman–Crippen MR) is 204 cm³/mol. The van der Waals surface area contributed by atoms with Gasteiger partial charge in [0.25, 0.3) is 0 Å². The van der Waals surface area contributed by atoms with Crippen molar-refractivity contribution in [3.63, 3.8) is 0 Å². The summed E-state index contributed by atoms with van der Waals surface area (Å²) in [5.41, 5.74) is 7.29. The minimum Gasteiger partial charge on any atom is -0.357 e. The third-order valence-corrected chi connectivity index (χ3v) is 10.7. The molecule has 6 heterocycles. The monoisotopic (exact) mass is 738 g/mol. The number of pyridine rings is 2. The molecule has 8 aromatic rings. The Bertz CT molecular complexity index is 2360. The van der Waals surface area contributed by atoms with Crippen LogP contribution in [0.5, 0.6) is 0 Å². The van der Waals surface area contributed by atoms with Gasteiger partial charge in [0.2, 0.25) is 0 Å². The lowest BCUT2D eigenvalue weighted by molar-refractivity contribution is 0.626. The second kappa shape index (κ2) is 15.8. The van der Waals surface area contributed by atoms with Crippen LogP contribution in [-0.2, 0) is 32.4 Å². The molecule has 13 heteroatoms. The molecule has 2 aromatic carbocycles. The topological polar surface area (TPSA) is 107 Å². The average Bonchev–Trinajstić information content (AvgIpc) is 3.94. The first-order valence-corrected chi connectivity index (χ1v) is 18.3. The van der Waals surface area contributed by atoms with Crippen LogP contribution < -0.4 is 10.6 Å². The van der Waals surface area contributed by atoms with Crippen LogP contribution in [0.4, 0.5) is 19.0 Å². The molecule has 258 valence electrons. The number of rotatable bonds is 11. The number of aryl methyl sites for hydroxylation is 1. The van der Waals surface area contributed by atoms with Gasteiger partial charge in [0.1, 0.15) is 28.1 Å². The van der Waals surface area contributed by atoms with E-state index in [0.717, 1.165) is 72.4 Å². The fourth-order valence-electron chi connectivity index (χ4n) is 5.61. The van der Waals surface area contributed by atoms with E-state index in [-0.39, 0.29) is 11.6 Å². The molecule has 8 rings (SSSR count). The minimum absolute atomic E-state index is 0.216. The van der Waals surface area contributed by atoms with Crippen molar-refractivity contribution >= 4 is 66.6 Å². The molecule has 0 saturated carbocycles. The number of halogens is 3. The smallest absolute Gasteiger partial charge is 0.184 e. The number of anilines is 2. The Hall–Kier alpha value is -5.17. The summed E-state index contributed by atoms with van der Waals surface area (Å²) in [6, 6.07) is 20.9. The fraction of sp³-hybridized carbons (Fsp3) is 0.158. The molecule has 0 aliphatic rings. The van der Waals surface area contributed by atoms with E-state index in [9.17, 15) is 8.78 Å². The Kier molecular flexibility index (Phi) is 10.6. The van der Waals surface area contributed by atoms with Crippen molar-refractivity contribution in [3.8, 4) is 0 Å². The van der Waals surface area contributed by atoms with E-state index in [0.29, 0.717) is 24.7 Å². The van der Waals surface area contributed by atoms with E-state index in [4.69, 9.17) is 16.6 Å². The third kappa shape index (κ3) is 8.42. The number of aromatic nitrogens is 6. The van der Waals surface area contributed by atoms with Crippen molar-refractivity contribution < 1.29 is 8.78 Å². The molecule has 0 fully saturated rings. The Morgan fingerprint density at radius 2 is 1.16 bits per heavy atom. The maximum Gasteiger partial charge on any atom is 0.184 e. The summed E-state index contributed by atoms with van der Waals surface area (Å²) in [6.07, 6.45) is 9.97. The van der Waals surface area contributed by atoms with E-state index in [1.807, 2.05) is 30.6 Å². The van der Waals surface area contributed by atoms with Gasteiger partial charge in [-0.3, -0.25) is 0 Å². The van der Waals surface area contributed by atoms with Crippen LogP contribution in [0.3, 0.4) is 0 Å². The Morgan fingerprint density at radius 1 is 0.667 bits per heavy atom. The molecule has 0 unspecified atom stereocenters. The first-order chi connectivity index (χ1) is 24.9. The predicted octanol–water partition coefficient (Wildman–Crippen LogP) is 9.94. The number of thiazole rings is 2. The number of hydrogen-bond acceptors (Lipinski definition) is 8. The maximum absolute atomic E-state index is 13.0. The molecule has 0 bridgehead atoms. The number of nitrogens with one attached hydrogen (secondary N) is 4. The highest BCUT2D eigenvalue weighted by atomic mass is 35.5. The van der Waals surface area contributed by atoms with Crippen molar-refractivity contribution in [1.29, 1.82) is 0 Å². The summed E-state index contributed by atoms with van der Waals surface area (Å²) in [5, 5.41) is 11.0. The second-order valence-electron chi connectivity index (χ2n) is 11.7. The number of H-pyrrole nitrogens is 2. The van der Waals surface area contributed by atoms with Crippen molar-refractivity contribution in [2.75, 3.05) is 10.6 Å². The molecule has 6 aromatic heterocycles. The van der Waals surface area contributed by atoms with Crippen LogP contribution in [0.15, 0.2) is 97.6 Å². The number of fused-ring (bicyclic) bond motifs is 2. The zero-order valence-corrected chi connectivity index (χ0v) is 29.9. The zero-order valence-electron chi connectivity index (χ0n) is 27.5. The third-order valence-electron chi connectivity index (χ3n) is 8.25. The Morgan fingerprint density at radius 3 is 1.69 bits per heavy atom. The normalized spacial score (nSPS) is 11.1. The van der Waals surface area contributed by atoms with Crippen LogP contribution in [-0.4, -0.2) is 29.9 Å². The molecule has 0 saturated heterocycles. The summed E-state index contributed by atoms with van der Waals surface area (Å²) in [4.78, 5) is 26.4. The van der Waals surface area contributed by atoms with E-state index < -0.39 is 0 Å². The van der Waals surface area contributed by atoms with Crippen molar-refractivity contribution in [1.82, 2.24) is 29.9 Å². The molecule has 0 spiro atoms. The molecule has 0 radical (unpaired) electrons. The van der Waals surface area contributed by atoms with E-state index >= 15 is 0 Å². The maximum atomic E-state index is 13.0. The van der Waals surface area contributed by atoms with Gasteiger partial charge in [-0.05, 0) is 77.2 Å². The lowest BCUT2D eigenvalue weighted by Crippen LogP contribution is -1.99. The van der Waals surface area contributed by atoms with Crippen molar-refractivity contribution in [2.45, 2.75) is 39.3 Å². The molecule has 0 aliphatic carbocycles. The van der Waals surface area contributed by atoms with E-state index in [1.54, 1.807) is 48.0 Å². The average molecular weight is 739 g/mol. The van der Waals surface area contributed by atoms with Gasteiger partial charge in [-0.25, -0.2) is 28.7 Å². The van der Waals surface area contributed by atoms with Gasteiger partial charge in [-0.1, -0.05) is 42.8 Å². The molecular weight excluding hydrogens is 706 g/mol. The molecular formula is C38H33ClF2N8S2. The second-order valence-corrected chi connectivity index (χ2v) is 14.2. The van der Waals surface area contributed by atoms with Gasteiger partial charge in [-0.2, -0.15) is 0 Å². The van der Waals surface area contributed by atoms with Crippen LogP contribution in [0.1, 0.15) is 44.6 Å². The standard InChI is InChI=1S/C20H19FN4S.C18H14ClFN4S/c1-2-17-18(10-14-12-23-19-16(14)4-3-9-22-19)26-20(25-17)24-11-13-5-7-15(21)8-6-13;19-16-15(8-12-10-22-17-14(12)2-1-7-21-17)25-18(24-16)23-9-11-3-5-13(20)6-4-11/h3-9,12H,2,10-11H2,1H3,(H,22,23)(H,24,25);1-7,10H,8-9H2,(H,21,22)(H,23,24). The summed E-state index contributed by atoms with van der Waals surface area (Å²) < 4.78 is 25.9. The molecule has 0 amide bonds. The molecule has 4 N–H and O–H groups in total. The van der Waals surface area contributed by atoms with E-state index in [1.165, 1.54) is 46.0 Å². The SMILES string of the molecule is CCc1nc(NCc2ccc(F)cc2)sc1Cc1c[nH]c2ncccc12.Fc1ccc(CNc2nc(Cl)c(Cc3c[nH]c4ncccc34)s2)cc1. The molecule has 8 nitrogen and oxygen atoms in total. The van der Waals surface area contributed by atoms with Crippen molar-refractivity contribution in [3.05, 3.63) is 152 Å². The van der Waals surface area contributed by atoms with Gasteiger partial charge in [0.15, 0.2) is 10.3 Å². The highest BCUT2D eigenvalue weighted by Crippen LogP contribution is 2.32. The summed E-state index contributed by atoms with van der Waals surface area (Å²) in [7, 11) is 0. The minimum atomic E-state index is -0.239. The number of hydrogen-bond donors (Lipinski definition) is 4. The van der Waals surface area contributed by atoms with Crippen LogP contribution in [0.2, 0.25) is 5.15 Å².